The first-order valence-corrected chi connectivity index (χ1v) is 11.9. The fourth-order valence-corrected chi connectivity index (χ4v) is 3.94. The summed E-state index contributed by atoms with van der Waals surface area (Å²) in [6.45, 7) is 5.00. The molecule has 2 atom stereocenters. The summed E-state index contributed by atoms with van der Waals surface area (Å²) in [5, 5.41) is 19.6. The van der Waals surface area contributed by atoms with Gasteiger partial charge in [0.1, 0.15) is 12.6 Å². The third-order valence-electron chi connectivity index (χ3n) is 5.76. The number of nitrogens with zero attached hydrogens (tertiary/aromatic N) is 1. The Bertz CT molecular complexity index is 1180. The number of carbonyl (C=O) groups is 5. The molecule has 0 spiro atoms. The van der Waals surface area contributed by atoms with Crippen molar-refractivity contribution in [2.24, 2.45) is 5.92 Å². The molecular formula is C26H31N5O6. The van der Waals surface area contributed by atoms with Gasteiger partial charge in [0.05, 0.1) is 17.7 Å². The Morgan fingerprint density at radius 2 is 1.76 bits per heavy atom. The molecule has 0 aromatic heterocycles. The van der Waals surface area contributed by atoms with Crippen molar-refractivity contribution in [2.75, 3.05) is 16.8 Å². The lowest BCUT2D eigenvalue weighted by Crippen LogP contribution is -2.51. The topological polar surface area (TPSA) is 157 Å². The summed E-state index contributed by atoms with van der Waals surface area (Å²) in [6.07, 6.45) is -0.272. The van der Waals surface area contributed by atoms with Crippen molar-refractivity contribution >= 4 is 41.1 Å². The number of hydrogen-bond donors (Lipinski definition) is 5. The molecule has 2 aromatic carbocycles. The number of carboxylic acid groups (broad SMARTS) is 1. The van der Waals surface area contributed by atoms with E-state index in [0.29, 0.717) is 12.2 Å². The second-order valence-corrected chi connectivity index (χ2v) is 9.21. The number of benzene rings is 2. The van der Waals surface area contributed by atoms with Crippen molar-refractivity contribution in [1.82, 2.24) is 16.0 Å². The van der Waals surface area contributed by atoms with Gasteiger partial charge in [0.25, 0.3) is 5.91 Å². The number of nitrogens with one attached hydrogen (secondary N) is 4. The van der Waals surface area contributed by atoms with Crippen LogP contribution in [0.2, 0.25) is 0 Å². The summed E-state index contributed by atoms with van der Waals surface area (Å²) in [6, 6.07) is 11.8. The van der Waals surface area contributed by atoms with Crippen LogP contribution in [0.3, 0.4) is 0 Å². The van der Waals surface area contributed by atoms with E-state index in [1.165, 1.54) is 23.1 Å². The average molecular weight is 510 g/mol. The van der Waals surface area contributed by atoms with E-state index in [2.05, 4.69) is 21.3 Å². The van der Waals surface area contributed by atoms with E-state index in [1.54, 1.807) is 20.8 Å². The number of fused-ring (bicyclic) bond motifs is 1. The van der Waals surface area contributed by atoms with Gasteiger partial charge in [-0.05, 0) is 36.6 Å². The van der Waals surface area contributed by atoms with Crippen LogP contribution in [0.15, 0.2) is 48.5 Å². The smallest absolute Gasteiger partial charge is 0.319 e. The van der Waals surface area contributed by atoms with Crippen LogP contribution in [0.5, 0.6) is 0 Å². The molecule has 0 saturated carbocycles. The number of hydrogen-bond acceptors (Lipinski definition) is 5. The Morgan fingerprint density at radius 1 is 1.05 bits per heavy atom. The van der Waals surface area contributed by atoms with Crippen LogP contribution < -0.4 is 26.2 Å². The molecule has 0 aliphatic carbocycles. The van der Waals surface area contributed by atoms with Gasteiger partial charge in [-0.2, -0.15) is 0 Å². The molecule has 2 aromatic rings. The highest BCUT2D eigenvalue weighted by Crippen LogP contribution is 2.28. The van der Waals surface area contributed by atoms with Gasteiger partial charge in [-0.3, -0.25) is 19.2 Å². The molecule has 196 valence electrons. The third kappa shape index (κ3) is 7.29. The van der Waals surface area contributed by atoms with Crippen molar-refractivity contribution in [3.05, 3.63) is 59.7 Å². The summed E-state index contributed by atoms with van der Waals surface area (Å²) < 4.78 is 0. The zero-order chi connectivity index (χ0) is 27.1. The number of aliphatic carboxylic acids is 1. The van der Waals surface area contributed by atoms with Crippen LogP contribution in [0, 0.1) is 5.92 Å². The van der Waals surface area contributed by atoms with Crippen LogP contribution >= 0.6 is 0 Å². The molecule has 1 heterocycles. The molecule has 1 aliphatic heterocycles. The van der Waals surface area contributed by atoms with Crippen LogP contribution in [-0.2, 0) is 20.9 Å². The van der Waals surface area contributed by atoms with Crippen molar-refractivity contribution < 1.29 is 29.1 Å². The Balaban J connectivity index is 1.81. The van der Waals surface area contributed by atoms with E-state index in [-0.39, 0.29) is 23.6 Å². The lowest BCUT2D eigenvalue weighted by molar-refractivity contribution is -0.137. The number of amides is 5. The zero-order valence-electron chi connectivity index (χ0n) is 20.9. The predicted molar refractivity (Wildman–Crippen MR) is 137 cm³/mol. The first-order valence-electron chi connectivity index (χ1n) is 11.9. The second-order valence-electron chi connectivity index (χ2n) is 9.21. The van der Waals surface area contributed by atoms with E-state index in [4.69, 9.17) is 5.11 Å². The summed E-state index contributed by atoms with van der Waals surface area (Å²) in [4.78, 5) is 63.6. The van der Waals surface area contributed by atoms with Gasteiger partial charge in [-0.1, -0.05) is 44.2 Å². The summed E-state index contributed by atoms with van der Waals surface area (Å²) in [7, 11) is 0. The van der Waals surface area contributed by atoms with Gasteiger partial charge >= 0.3 is 12.0 Å². The van der Waals surface area contributed by atoms with Crippen molar-refractivity contribution in [3.63, 3.8) is 0 Å². The minimum atomic E-state index is -1.06. The van der Waals surface area contributed by atoms with Gasteiger partial charge in [-0.15, -0.1) is 0 Å². The van der Waals surface area contributed by atoms with E-state index in [9.17, 15) is 24.0 Å². The fourth-order valence-electron chi connectivity index (χ4n) is 3.94. The molecule has 0 radical (unpaired) electrons. The molecule has 37 heavy (non-hydrogen) atoms. The van der Waals surface area contributed by atoms with Crippen LogP contribution in [0.25, 0.3) is 0 Å². The molecule has 11 heteroatoms. The maximum atomic E-state index is 13.3. The molecule has 0 bridgehead atoms. The molecular weight excluding hydrogens is 478 g/mol. The monoisotopic (exact) mass is 509 g/mol. The molecule has 5 N–H and O–H groups in total. The number of rotatable bonds is 9. The van der Waals surface area contributed by atoms with E-state index >= 15 is 0 Å². The lowest BCUT2D eigenvalue weighted by Gasteiger charge is -2.27. The van der Waals surface area contributed by atoms with Crippen molar-refractivity contribution in [3.8, 4) is 0 Å². The first kappa shape index (κ1) is 27.2. The standard InChI is InChI=1S/C26H31N5O6/c1-15(2)23-25(36)31(14-21(32)28-16(3)11-22(33)34)20-10-9-18(12-19(20)24(35)30-23)29-26(37)27-13-17-7-5-4-6-8-17/h4-10,12,15-16,23H,11,13-14H2,1-3H3,(H,28,32)(H,30,35)(H,33,34)(H2,27,29,37)/t16-,23-/m0/s1. The zero-order valence-corrected chi connectivity index (χ0v) is 20.9. The Kier molecular flexibility index (Phi) is 8.83. The summed E-state index contributed by atoms with van der Waals surface area (Å²) >= 11 is 0. The van der Waals surface area contributed by atoms with Gasteiger partial charge in [-0.25, -0.2) is 4.79 Å². The van der Waals surface area contributed by atoms with Gasteiger partial charge in [0.15, 0.2) is 0 Å². The molecule has 0 fully saturated rings. The Morgan fingerprint density at radius 3 is 2.41 bits per heavy atom. The molecule has 11 nitrogen and oxygen atoms in total. The quantitative estimate of drug-likeness (QED) is 0.348. The summed E-state index contributed by atoms with van der Waals surface area (Å²) in [5.41, 5.74) is 1.57. The van der Waals surface area contributed by atoms with Crippen LogP contribution in [-0.4, -0.2) is 53.5 Å². The highest BCUT2D eigenvalue weighted by atomic mass is 16.4. The van der Waals surface area contributed by atoms with E-state index in [1.807, 2.05) is 30.3 Å². The highest BCUT2D eigenvalue weighted by Gasteiger charge is 2.36. The molecule has 0 saturated heterocycles. The Hall–Kier alpha value is -4.41. The first-order chi connectivity index (χ1) is 17.5. The minimum Gasteiger partial charge on any atom is -0.481 e. The van der Waals surface area contributed by atoms with Crippen LogP contribution in [0.4, 0.5) is 16.2 Å². The predicted octanol–water partition coefficient (Wildman–Crippen LogP) is 2.09. The highest BCUT2D eigenvalue weighted by molar-refractivity contribution is 6.13. The molecule has 3 rings (SSSR count). The second kappa shape index (κ2) is 12.0. The number of carboxylic acids is 1. The number of urea groups is 1. The van der Waals surface area contributed by atoms with Crippen LogP contribution in [0.1, 0.15) is 43.1 Å². The normalized spacial score (nSPS) is 15.8. The minimum absolute atomic E-state index is 0.115. The SMILES string of the molecule is CC(C)[C@@H]1NC(=O)c2cc(NC(=O)NCc3ccccc3)ccc2N(CC(=O)N[C@@H](C)CC(=O)O)C1=O. The number of anilines is 2. The molecule has 5 amide bonds. The summed E-state index contributed by atoms with van der Waals surface area (Å²) in [5.74, 6) is -2.87. The molecule has 1 aliphatic rings. The average Bonchev–Trinajstić information content (AvgIpc) is 2.93. The molecule has 0 unspecified atom stereocenters. The maximum absolute atomic E-state index is 13.3. The number of carbonyl (C=O) groups excluding carboxylic acids is 4. The van der Waals surface area contributed by atoms with Gasteiger partial charge in [0, 0.05) is 18.3 Å². The third-order valence-corrected chi connectivity index (χ3v) is 5.76. The maximum Gasteiger partial charge on any atom is 0.319 e. The Labute approximate surface area is 214 Å². The fraction of sp³-hybridized carbons (Fsp3) is 0.346. The van der Waals surface area contributed by atoms with Crippen molar-refractivity contribution in [2.45, 2.75) is 45.8 Å². The van der Waals surface area contributed by atoms with Gasteiger partial charge in [0.2, 0.25) is 11.8 Å². The lowest BCUT2D eigenvalue weighted by atomic mass is 10.0. The van der Waals surface area contributed by atoms with E-state index in [0.717, 1.165) is 5.56 Å². The van der Waals surface area contributed by atoms with E-state index < -0.39 is 48.4 Å². The largest absolute Gasteiger partial charge is 0.481 e. The van der Waals surface area contributed by atoms with Gasteiger partial charge < -0.3 is 31.3 Å². The van der Waals surface area contributed by atoms with Crippen molar-refractivity contribution in [1.29, 1.82) is 0 Å².